The van der Waals surface area contributed by atoms with Crippen molar-refractivity contribution < 1.29 is 9.53 Å². The Balaban J connectivity index is 1.61. The third-order valence-corrected chi connectivity index (χ3v) is 4.81. The van der Waals surface area contributed by atoms with E-state index in [1.165, 1.54) is 19.5 Å². The van der Waals surface area contributed by atoms with Crippen LogP contribution < -0.4 is 10.1 Å². The Kier molecular flexibility index (Phi) is 7.93. The Bertz CT molecular complexity index is 599. The Morgan fingerprint density at radius 1 is 1.27 bits per heavy atom. The fraction of sp³-hybridized carbons (Fsp3) is 0.619. The summed E-state index contributed by atoms with van der Waals surface area (Å²) in [6, 6.07) is 8.85. The number of unbranched alkanes of at least 4 members (excludes halogenated alkanes) is 1. The molecular weight excluding hydrogens is 326 g/mol. The molecule has 0 radical (unpaired) electrons. The topological polar surface area (TPSA) is 65.4 Å². The first kappa shape index (κ1) is 20.3. The van der Waals surface area contributed by atoms with Crippen LogP contribution in [0.2, 0.25) is 0 Å². The molecule has 0 aromatic heterocycles. The molecule has 0 bridgehead atoms. The van der Waals surface area contributed by atoms with Gasteiger partial charge in [-0.1, -0.05) is 13.8 Å². The summed E-state index contributed by atoms with van der Waals surface area (Å²) < 4.78 is 5.62. The molecular formula is C21H31N3O2. The molecule has 1 amide bonds. The molecule has 1 aliphatic rings. The van der Waals surface area contributed by atoms with Crippen molar-refractivity contribution in [1.82, 2.24) is 10.2 Å². The van der Waals surface area contributed by atoms with Gasteiger partial charge in [0.15, 0.2) is 6.10 Å². The average molecular weight is 357 g/mol. The number of nitriles is 1. The molecule has 3 unspecified atom stereocenters. The van der Waals surface area contributed by atoms with E-state index in [0.29, 0.717) is 17.9 Å². The highest BCUT2D eigenvalue weighted by atomic mass is 16.5. The van der Waals surface area contributed by atoms with Crippen LogP contribution in [0.15, 0.2) is 24.3 Å². The fourth-order valence-corrected chi connectivity index (χ4v) is 3.66. The number of hydrogen-bond acceptors (Lipinski definition) is 4. The van der Waals surface area contributed by atoms with Crippen molar-refractivity contribution in [1.29, 1.82) is 5.26 Å². The van der Waals surface area contributed by atoms with E-state index in [-0.39, 0.29) is 5.91 Å². The minimum atomic E-state index is -0.549. The number of nitrogens with zero attached hydrogens (tertiary/aromatic N) is 2. The lowest BCUT2D eigenvalue weighted by molar-refractivity contribution is -0.127. The van der Waals surface area contributed by atoms with E-state index < -0.39 is 6.10 Å². The zero-order chi connectivity index (χ0) is 18.9. The van der Waals surface area contributed by atoms with Crippen molar-refractivity contribution in [3.05, 3.63) is 29.8 Å². The first-order valence-electron chi connectivity index (χ1n) is 9.64. The molecule has 2 rings (SSSR count). The maximum absolute atomic E-state index is 12.1. The van der Waals surface area contributed by atoms with Crippen LogP contribution in [0.1, 0.15) is 45.6 Å². The van der Waals surface area contributed by atoms with Crippen LogP contribution in [-0.2, 0) is 4.79 Å². The molecule has 0 aliphatic carbocycles. The van der Waals surface area contributed by atoms with Gasteiger partial charge in [0.1, 0.15) is 5.75 Å². The number of rotatable bonds is 8. The van der Waals surface area contributed by atoms with Crippen LogP contribution in [0.3, 0.4) is 0 Å². The van der Waals surface area contributed by atoms with Crippen molar-refractivity contribution in [3.8, 4) is 11.8 Å². The van der Waals surface area contributed by atoms with Gasteiger partial charge in [-0.25, -0.2) is 0 Å². The van der Waals surface area contributed by atoms with Gasteiger partial charge in [-0.2, -0.15) is 5.26 Å². The number of hydrogen-bond donors (Lipinski definition) is 1. The largest absolute Gasteiger partial charge is 0.481 e. The molecule has 1 N–H and O–H groups in total. The summed E-state index contributed by atoms with van der Waals surface area (Å²) in [5.74, 6) is 2.08. The highest BCUT2D eigenvalue weighted by Gasteiger charge is 2.21. The fourth-order valence-electron chi connectivity index (χ4n) is 3.66. The van der Waals surface area contributed by atoms with Crippen LogP contribution in [0.25, 0.3) is 0 Å². The highest BCUT2D eigenvalue weighted by Crippen LogP contribution is 2.21. The van der Waals surface area contributed by atoms with Gasteiger partial charge in [0.25, 0.3) is 5.91 Å². The number of likely N-dealkylation sites (tertiary alicyclic amines) is 1. The minimum Gasteiger partial charge on any atom is -0.481 e. The van der Waals surface area contributed by atoms with Gasteiger partial charge < -0.3 is 15.0 Å². The zero-order valence-electron chi connectivity index (χ0n) is 16.2. The summed E-state index contributed by atoms with van der Waals surface area (Å²) >= 11 is 0. The van der Waals surface area contributed by atoms with Crippen LogP contribution in [0.4, 0.5) is 0 Å². The molecule has 1 saturated heterocycles. The number of ether oxygens (including phenoxy) is 1. The Morgan fingerprint density at radius 2 is 1.92 bits per heavy atom. The van der Waals surface area contributed by atoms with Crippen LogP contribution in [0.5, 0.6) is 5.75 Å². The third-order valence-electron chi connectivity index (χ3n) is 4.81. The summed E-state index contributed by atoms with van der Waals surface area (Å²) in [4.78, 5) is 14.7. The quantitative estimate of drug-likeness (QED) is 0.726. The standard InChI is InChI=1S/C21H31N3O2/c1-16-12-17(2)15-24(14-16)11-5-4-10-23-21(25)18(3)26-20-8-6-19(13-22)7-9-20/h6-9,16-18H,4-5,10-12,14-15H2,1-3H3,(H,23,25). The Hall–Kier alpha value is -2.06. The van der Waals surface area contributed by atoms with Crippen molar-refractivity contribution in [3.63, 3.8) is 0 Å². The van der Waals surface area contributed by atoms with Gasteiger partial charge in [-0.15, -0.1) is 0 Å². The second-order valence-corrected chi connectivity index (χ2v) is 7.60. The maximum atomic E-state index is 12.1. The predicted octanol–water partition coefficient (Wildman–Crippen LogP) is 3.20. The number of amides is 1. The molecule has 0 spiro atoms. The molecule has 3 atom stereocenters. The first-order valence-corrected chi connectivity index (χ1v) is 9.64. The maximum Gasteiger partial charge on any atom is 0.260 e. The molecule has 0 saturated carbocycles. The van der Waals surface area contributed by atoms with E-state index >= 15 is 0 Å². The third kappa shape index (κ3) is 6.68. The Morgan fingerprint density at radius 3 is 2.54 bits per heavy atom. The molecule has 1 fully saturated rings. The summed E-state index contributed by atoms with van der Waals surface area (Å²) in [6.45, 7) is 10.6. The highest BCUT2D eigenvalue weighted by molar-refractivity contribution is 5.80. The van der Waals surface area contributed by atoms with E-state index in [1.54, 1.807) is 31.2 Å². The predicted molar refractivity (Wildman–Crippen MR) is 103 cm³/mol. The SMILES string of the molecule is CC1CC(C)CN(CCCCNC(=O)C(C)Oc2ccc(C#N)cc2)C1. The van der Waals surface area contributed by atoms with Crippen LogP contribution in [-0.4, -0.2) is 43.1 Å². The van der Waals surface area contributed by atoms with Crippen molar-refractivity contribution in [2.45, 2.75) is 46.1 Å². The summed E-state index contributed by atoms with van der Waals surface area (Å²) in [7, 11) is 0. The van der Waals surface area contributed by atoms with E-state index in [1.807, 2.05) is 0 Å². The van der Waals surface area contributed by atoms with Gasteiger partial charge in [0, 0.05) is 19.6 Å². The molecule has 1 aliphatic heterocycles. The van der Waals surface area contributed by atoms with Gasteiger partial charge in [-0.05, 0) is 68.8 Å². The lowest BCUT2D eigenvalue weighted by Crippen LogP contribution is -2.39. The van der Waals surface area contributed by atoms with E-state index in [9.17, 15) is 4.79 Å². The summed E-state index contributed by atoms with van der Waals surface area (Å²) in [5, 5.41) is 11.7. The lowest BCUT2D eigenvalue weighted by atomic mass is 9.92. The van der Waals surface area contributed by atoms with Crippen molar-refractivity contribution in [2.75, 3.05) is 26.2 Å². The molecule has 142 valence electrons. The molecule has 5 heteroatoms. The number of carbonyl (C=O) groups is 1. The molecule has 1 aromatic carbocycles. The van der Waals surface area contributed by atoms with Gasteiger partial charge in [0.2, 0.25) is 0 Å². The summed E-state index contributed by atoms with van der Waals surface area (Å²) in [6.07, 6.45) is 2.87. The number of nitrogens with one attached hydrogen (secondary N) is 1. The molecule has 26 heavy (non-hydrogen) atoms. The summed E-state index contributed by atoms with van der Waals surface area (Å²) in [5.41, 5.74) is 0.576. The van der Waals surface area contributed by atoms with Crippen LogP contribution in [0, 0.1) is 23.2 Å². The van der Waals surface area contributed by atoms with Crippen molar-refractivity contribution in [2.24, 2.45) is 11.8 Å². The lowest BCUT2D eigenvalue weighted by Gasteiger charge is -2.34. The molecule has 1 aromatic rings. The second kappa shape index (κ2) is 10.2. The average Bonchev–Trinajstić information content (AvgIpc) is 2.61. The van der Waals surface area contributed by atoms with Gasteiger partial charge >= 0.3 is 0 Å². The molecule has 5 nitrogen and oxygen atoms in total. The number of benzene rings is 1. The smallest absolute Gasteiger partial charge is 0.260 e. The van der Waals surface area contributed by atoms with E-state index in [2.05, 4.69) is 30.1 Å². The molecule has 1 heterocycles. The van der Waals surface area contributed by atoms with Crippen LogP contribution >= 0.6 is 0 Å². The van der Waals surface area contributed by atoms with Gasteiger partial charge in [-0.3, -0.25) is 4.79 Å². The minimum absolute atomic E-state index is 0.102. The van der Waals surface area contributed by atoms with E-state index in [4.69, 9.17) is 10.00 Å². The van der Waals surface area contributed by atoms with E-state index in [0.717, 1.165) is 31.2 Å². The number of piperidine rings is 1. The zero-order valence-corrected chi connectivity index (χ0v) is 16.2. The normalized spacial score (nSPS) is 21.6. The first-order chi connectivity index (χ1) is 12.5. The number of carbonyl (C=O) groups excluding carboxylic acids is 1. The second-order valence-electron chi connectivity index (χ2n) is 7.60. The van der Waals surface area contributed by atoms with Crippen molar-refractivity contribution >= 4 is 5.91 Å². The Labute approximate surface area is 157 Å². The monoisotopic (exact) mass is 357 g/mol. The van der Waals surface area contributed by atoms with Gasteiger partial charge in [0.05, 0.1) is 11.6 Å².